The van der Waals surface area contributed by atoms with Crippen molar-refractivity contribution in [2.75, 3.05) is 26.6 Å². The van der Waals surface area contributed by atoms with E-state index < -0.39 is 0 Å². The summed E-state index contributed by atoms with van der Waals surface area (Å²) in [6, 6.07) is 11.2. The van der Waals surface area contributed by atoms with Crippen LogP contribution in [0.2, 0.25) is 5.02 Å². The predicted octanol–water partition coefficient (Wildman–Crippen LogP) is 4.66. The molecule has 0 amide bonds. The predicted molar refractivity (Wildman–Crippen MR) is 96.1 cm³/mol. The Morgan fingerprint density at radius 1 is 0.875 bits per heavy atom. The van der Waals surface area contributed by atoms with Gasteiger partial charge in [0.25, 0.3) is 0 Å². The summed E-state index contributed by atoms with van der Waals surface area (Å²) in [5, 5.41) is 4.82. The summed E-state index contributed by atoms with van der Waals surface area (Å²) >= 11 is 6.16. The highest BCUT2D eigenvalue weighted by molar-refractivity contribution is 6.32. The van der Waals surface area contributed by atoms with Crippen LogP contribution < -0.4 is 19.5 Å². The fourth-order valence-corrected chi connectivity index (χ4v) is 2.70. The lowest BCUT2D eigenvalue weighted by molar-refractivity contribution is 0.405. The highest BCUT2D eigenvalue weighted by Gasteiger charge is 2.12. The second kappa shape index (κ2) is 6.84. The number of benzene rings is 2. The van der Waals surface area contributed by atoms with Gasteiger partial charge in [0.1, 0.15) is 17.2 Å². The van der Waals surface area contributed by atoms with Crippen LogP contribution in [0.3, 0.4) is 0 Å². The minimum Gasteiger partial charge on any atom is -0.497 e. The molecular weight excluding hydrogens is 328 g/mol. The first-order valence-electron chi connectivity index (χ1n) is 7.27. The Kier molecular flexibility index (Phi) is 4.62. The topological polar surface area (TPSA) is 52.6 Å². The molecule has 124 valence electrons. The van der Waals surface area contributed by atoms with Crippen molar-refractivity contribution in [3.8, 4) is 17.2 Å². The van der Waals surface area contributed by atoms with Gasteiger partial charge in [-0.15, -0.1) is 0 Å². The first-order chi connectivity index (χ1) is 11.7. The van der Waals surface area contributed by atoms with Crippen LogP contribution in [0.15, 0.2) is 42.6 Å². The van der Waals surface area contributed by atoms with E-state index >= 15 is 0 Å². The third-order valence-electron chi connectivity index (χ3n) is 3.69. The van der Waals surface area contributed by atoms with E-state index in [1.165, 1.54) is 0 Å². The maximum absolute atomic E-state index is 6.16. The molecule has 0 unspecified atom stereocenters. The standard InChI is InChI=1S/C18H17ClN2O3/c1-22-11-4-5-12-14(6-7-20-15(12)8-11)21-16-10-17(23-2)13(19)9-18(16)24-3/h4-10H,1-3H3,(H,20,21). The number of nitrogens with one attached hydrogen (secondary N) is 1. The fourth-order valence-electron chi connectivity index (χ4n) is 2.47. The number of aromatic nitrogens is 1. The monoisotopic (exact) mass is 344 g/mol. The van der Waals surface area contributed by atoms with Crippen LogP contribution in [0.5, 0.6) is 17.2 Å². The van der Waals surface area contributed by atoms with Gasteiger partial charge in [-0.3, -0.25) is 4.98 Å². The molecule has 1 aromatic heterocycles. The van der Waals surface area contributed by atoms with Gasteiger partial charge in [-0.1, -0.05) is 11.6 Å². The Morgan fingerprint density at radius 3 is 2.38 bits per heavy atom. The van der Waals surface area contributed by atoms with E-state index in [9.17, 15) is 0 Å². The highest BCUT2D eigenvalue weighted by Crippen LogP contribution is 2.38. The van der Waals surface area contributed by atoms with Crippen LogP contribution in [0.25, 0.3) is 10.9 Å². The van der Waals surface area contributed by atoms with Crippen molar-refractivity contribution < 1.29 is 14.2 Å². The Labute approximate surface area is 145 Å². The Morgan fingerprint density at radius 2 is 1.67 bits per heavy atom. The molecule has 3 rings (SSSR count). The van der Waals surface area contributed by atoms with Gasteiger partial charge >= 0.3 is 0 Å². The van der Waals surface area contributed by atoms with E-state index in [1.54, 1.807) is 39.7 Å². The van der Waals surface area contributed by atoms with E-state index in [0.717, 1.165) is 28.0 Å². The second-order valence-electron chi connectivity index (χ2n) is 5.05. The second-order valence-corrected chi connectivity index (χ2v) is 5.46. The van der Waals surface area contributed by atoms with E-state index in [0.29, 0.717) is 16.5 Å². The summed E-state index contributed by atoms with van der Waals surface area (Å²) in [7, 11) is 4.80. The summed E-state index contributed by atoms with van der Waals surface area (Å²) in [6.07, 6.45) is 1.74. The molecule has 0 aliphatic rings. The number of nitrogens with zero attached hydrogens (tertiary/aromatic N) is 1. The largest absolute Gasteiger partial charge is 0.497 e. The highest BCUT2D eigenvalue weighted by atomic mass is 35.5. The van der Waals surface area contributed by atoms with Gasteiger partial charge in [0.15, 0.2) is 0 Å². The minimum atomic E-state index is 0.490. The summed E-state index contributed by atoms with van der Waals surface area (Å²) in [5.74, 6) is 1.96. The molecule has 2 aromatic carbocycles. The summed E-state index contributed by atoms with van der Waals surface area (Å²) < 4.78 is 15.9. The van der Waals surface area contributed by atoms with Crippen LogP contribution in [0, 0.1) is 0 Å². The van der Waals surface area contributed by atoms with E-state index in [2.05, 4.69) is 10.3 Å². The molecule has 0 radical (unpaired) electrons. The number of ether oxygens (including phenoxy) is 3. The van der Waals surface area contributed by atoms with Crippen molar-refractivity contribution >= 4 is 33.9 Å². The van der Waals surface area contributed by atoms with Crippen LogP contribution in [0.4, 0.5) is 11.4 Å². The molecule has 3 aromatic rings. The SMILES string of the molecule is COc1ccc2c(Nc3cc(OC)c(Cl)cc3OC)ccnc2c1. The summed E-state index contributed by atoms with van der Waals surface area (Å²) in [4.78, 5) is 4.39. The van der Waals surface area contributed by atoms with Crippen molar-refractivity contribution in [1.82, 2.24) is 4.98 Å². The summed E-state index contributed by atoms with van der Waals surface area (Å²) in [5.41, 5.74) is 2.48. The molecule has 0 atom stereocenters. The van der Waals surface area contributed by atoms with Gasteiger partial charge in [-0.25, -0.2) is 0 Å². The quantitative estimate of drug-likeness (QED) is 0.729. The van der Waals surface area contributed by atoms with Gasteiger partial charge in [0, 0.05) is 35.5 Å². The van der Waals surface area contributed by atoms with Gasteiger partial charge in [0.2, 0.25) is 0 Å². The molecule has 1 N–H and O–H groups in total. The zero-order chi connectivity index (χ0) is 17.1. The minimum absolute atomic E-state index is 0.490. The molecule has 5 nitrogen and oxygen atoms in total. The van der Waals surface area contributed by atoms with Crippen molar-refractivity contribution in [1.29, 1.82) is 0 Å². The van der Waals surface area contributed by atoms with Crippen LogP contribution in [-0.4, -0.2) is 26.3 Å². The molecule has 0 saturated carbocycles. The average molecular weight is 345 g/mol. The first kappa shape index (κ1) is 16.2. The Balaban J connectivity index is 2.07. The van der Waals surface area contributed by atoms with Crippen LogP contribution >= 0.6 is 11.6 Å². The number of hydrogen-bond acceptors (Lipinski definition) is 5. The van der Waals surface area contributed by atoms with Crippen molar-refractivity contribution in [3.05, 3.63) is 47.6 Å². The maximum Gasteiger partial charge on any atom is 0.144 e. The molecule has 0 aliphatic carbocycles. The fraction of sp³-hybridized carbons (Fsp3) is 0.167. The number of pyridine rings is 1. The number of halogens is 1. The van der Waals surface area contributed by atoms with E-state index in [-0.39, 0.29) is 0 Å². The van der Waals surface area contributed by atoms with Crippen molar-refractivity contribution in [2.45, 2.75) is 0 Å². The molecule has 24 heavy (non-hydrogen) atoms. The lowest BCUT2D eigenvalue weighted by atomic mass is 10.1. The number of methoxy groups -OCH3 is 3. The first-order valence-corrected chi connectivity index (χ1v) is 7.65. The smallest absolute Gasteiger partial charge is 0.144 e. The summed E-state index contributed by atoms with van der Waals surface area (Å²) in [6.45, 7) is 0. The normalized spacial score (nSPS) is 10.5. The third kappa shape index (κ3) is 3.03. The molecule has 6 heteroatoms. The zero-order valence-electron chi connectivity index (χ0n) is 13.6. The number of anilines is 2. The molecule has 0 aliphatic heterocycles. The van der Waals surface area contributed by atoms with Gasteiger partial charge < -0.3 is 19.5 Å². The average Bonchev–Trinajstić information content (AvgIpc) is 2.62. The molecule has 0 spiro atoms. The Bertz CT molecular complexity index is 884. The van der Waals surface area contributed by atoms with Crippen LogP contribution in [-0.2, 0) is 0 Å². The van der Waals surface area contributed by atoms with Gasteiger partial charge in [-0.2, -0.15) is 0 Å². The number of rotatable bonds is 5. The third-order valence-corrected chi connectivity index (χ3v) is 3.99. The van der Waals surface area contributed by atoms with Gasteiger partial charge in [-0.05, 0) is 18.2 Å². The van der Waals surface area contributed by atoms with Crippen LogP contribution in [0.1, 0.15) is 0 Å². The van der Waals surface area contributed by atoms with E-state index in [4.69, 9.17) is 25.8 Å². The Hall–Kier alpha value is -2.66. The molecule has 1 heterocycles. The lowest BCUT2D eigenvalue weighted by Crippen LogP contribution is -1.98. The van der Waals surface area contributed by atoms with Gasteiger partial charge in [0.05, 0.1) is 37.6 Å². The molecule has 0 fully saturated rings. The number of fused-ring (bicyclic) bond motifs is 1. The van der Waals surface area contributed by atoms with Crippen molar-refractivity contribution in [3.63, 3.8) is 0 Å². The zero-order valence-corrected chi connectivity index (χ0v) is 14.3. The molecule has 0 bridgehead atoms. The van der Waals surface area contributed by atoms with E-state index in [1.807, 2.05) is 24.3 Å². The molecule has 0 saturated heterocycles. The lowest BCUT2D eigenvalue weighted by Gasteiger charge is -2.15. The number of hydrogen-bond donors (Lipinski definition) is 1. The van der Waals surface area contributed by atoms with Crippen molar-refractivity contribution in [2.24, 2.45) is 0 Å². The molecular formula is C18H17ClN2O3. The maximum atomic E-state index is 6.16.